The maximum Gasteiger partial charge on any atom is 0.336 e. The molecule has 0 amide bonds. The van der Waals surface area contributed by atoms with Gasteiger partial charge < -0.3 is 15.3 Å². The average molecular weight is 501 g/mol. The first-order valence-electron chi connectivity index (χ1n) is 10.2. The van der Waals surface area contributed by atoms with E-state index in [2.05, 4.69) is 27.2 Å². The Balaban J connectivity index is 0.00000181. The summed E-state index contributed by atoms with van der Waals surface area (Å²) in [5.41, 5.74) is 0.400. The van der Waals surface area contributed by atoms with E-state index in [-0.39, 0.29) is 36.1 Å². The van der Waals surface area contributed by atoms with E-state index in [0.29, 0.717) is 16.2 Å². The van der Waals surface area contributed by atoms with E-state index in [9.17, 15) is 14.3 Å². The van der Waals surface area contributed by atoms with Crippen molar-refractivity contribution < 1.29 is 14.3 Å². The van der Waals surface area contributed by atoms with Crippen LogP contribution in [0.5, 0.6) is 0 Å². The van der Waals surface area contributed by atoms with Gasteiger partial charge >= 0.3 is 5.97 Å². The third-order valence-corrected chi connectivity index (χ3v) is 6.79. The molecule has 0 radical (unpaired) electrons. The largest absolute Gasteiger partial charge is 0.478 e. The summed E-state index contributed by atoms with van der Waals surface area (Å²) >= 11 is 1.33. The molecule has 32 heavy (non-hydrogen) atoms. The molecule has 1 aromatic carbocycles. The highest BCUT2D eigenvalue weighted by atomic mass is 35.5. The molecule has 0 aliphatic carbocycles. The number of halogens is 3. The van der Waals surface area contributed by atoms with Crippen molar-refractivity contribution in [1.29, 1.82) is 0 Å². The highest BCUT2D eigenvalue weighted by molar-refractivity contribution is 7.22. The van der Waals surface area contributed by atoms with Crippen LogP contribution in [0.1, 0.15) is 36.0 Å². The second-order valence-corrected chi connectivity index (χ2v) is 8.92. The SMILES string of the molecule is CN1CCC(CCCNc2ncc(F)c(-c3cc4c(C(=O)O)cccc4s3)n2)CC1.Cl.Cl. The summed E-state index contributed by atoms with van der Waals surface area (Å²) in [6.45, 7) is 3.08. The van der Waals surface area contributed by atoms with E-state index in [4.69, 9.17) is 0 Å². The van der Waals surface area contributed by atoms with Crippen LogP contribution in [0.4, 0.5) is 10.3 Å². The Morgan fingerprint density at radius 2 is 2.06 bits per heavy atom. The van der Waals surface area contributed by atoms with Gasteiger partial charge in [-0.05, 0) is 69.9 Å². The first-order valence-corrected chi connectivity index (χ1v) is 11.0. The normalized spacial score (nSPS) is 14.6. The Kier molecular flexibility index (Phi) is 9.64. The highest BCUT2D eigenvalue weighted by Crippen LogP contribution is 2.35. The minimum atomic E-state index is -1.000. The molecule has 174 valence electrons. The molecule has 1 saturated heterocycles. The quantitative estimate of drug-likeness (QED) is 0.412. The molecule has 1 aliphatic heterocycles. The van der Waals surface area contributed by atoms with Crippen LogP contribution >= 0.6 is 36.2 Å². The second-order valence-electron chi connectivity index (χ2n) is 7.84. The molecule has 10 heteroatoms. The van der Waals surface area contributed by atoms with Gasteiger partial charge in [0.2, 0.25) is 5.95 Å². The van der Waals surface area contributed by atoms with E-state index in [1.165, 1.54) is 49.9 Å². The van der Waals surface area contributed by atoms with Crippen LogP contribution in [0.15, 0.2) is 30.5 Å². The molecule has 0 unspecified atom stereocenters. The maximum atomic E-state index is 14.4. The number of anilines is 1. The van der Waals surface area contributed by atoms with Gasteiger partial charge in [-0.25, -0.2) is 19.2 Å². The number of likely N-dealkylation sites (tertiary alicyclic amines) is 1. The zero-order valence-electron chi connectivity index (χ0n) is 17.7. The van der Waals surface area contributed by atoms with E-state index in [0.717, 1.165) is 23.6 Å². The van der Waals surface area contributed by atoms with E-state index in [1.807, 2.05) is 6.07 Å². The predicted octanol–water partition coefficient (Wildman–Crippen LogP) is 5.57. The van der Waals surface area contributed by atoms with Gasteiger partial charge in [-0.1, -0.05) is 6.07 Å². The lowest BCUT2D eigenvalue weighted by molar-refractivity contribution is 0.0699. The highest BCUT2D eigenvalue weighted by Gasteiger charge is 2.17. The fourth-order valence-corrected chi connectivity index (χ4v) is 5.01. The summed E-state index contributed by atoms with van der Waals surface area (Å²) in [4.78, 5) is 22.8. The van der Waals surface area contributed by atoms with Crippen molar-refractivity contribution in [3.05, 3.63) is 41.8 Å². The van der Waals surface area contributed by atoms with Crippen LogP contribution in [0.25, 0.3) is 20.7 Å². The molecule has 6 nitrogen and oxygen atoms in total. The summed E-state index contributed by atoms with van der Waals surface area (Å²) in [7, 11) is 2.17. The van der Waals surface area contributed by atoms with Gasteiger partial charge in [0, 0.05) is 16.6 Å². The lowest BCUT2D eigenvalue weighted by atomic mass is 9.92. The first kappa shape index (κ1) is 26.3. The number of rotatable bonds is 7. The van der Waals surface area contributed by atoms with Crippen LogP contribution in [0, 0.1) is 11.7 Å². The molecule has 4 rings (SSSR count). The van der Waals surface area contributed by atoms with Crippen LogP contribution in [0.2, 0.25) is 0 Å². The Bertz CT molecular complexity index is 1060. The van der Waals surface area contributed by atoms with Crippen molar-refractivity contribution in [3.8, 4) is 10.6 Å². The molecular weight excluding hydrogens is 474 g/mol. The Morgan fingerprint density at radius 1 is 1.31 bits per heavy atom. The molecule has 0 bridgehead atoms. The summed E-state index contributed by atoms with van der Waals surface area (Å²) in [5.74, 6) is -0.351. The number of benzene rings is 1. The molecule has 0 spiro atoms. The van der Waals surface area contributed by atoms with E-state index < -0.39 is 11.8 Å². The Labute approximate surface area is 203 Å². The van der Waals surface area contributed by atoms with Crippen molar-refractivity contribution in [1.82, 2.24) is 14.9 Å². The first-order chi connectivity index (χ1) is 14.5. The van der Waals surface area contributed by atoms with Gasteiger partial charge in [0.25, 0.3) is 0 Å². The number of hydrogen-bond donors (Lipinski definition) is 2. The standard InChI is InChI=1S/C22H25FN4O2S.2ClH/c1-27-10-7-14(8-11-27)4-3-9-24-22-25-13-17(23)20(26-22)19-12-16-15(21(28)29)5-2-6-18(16)30-19;;/h2,5-6,12-14H,3-4,7-11H2,1H3,(H,28,29)(H,24,25,26);2*1H. The number of hydrogen-bond acceptors (Lipinski definition) is 6. The maximum absolute atomic E-state index is 14.4. The van der Waals surface area contributed by atoms with Gasteiger partial charge in [0.05, 0.1) is 16.6 Å². The number of thiophene rings is 1. The van der Waals surface area contributed by atoms with Crippen molar-refractivity contribution in [2.75, 3.05) is 32.0 Å². The van der Waals surface area contributed by atoms with Gasteiger partial charge in [0.1, 0.15) is 5.69 Å². The average Bonchev–Trinajstić information content (AvgIpc) is 3.17. The van der Waals surface area contributed by atoms with Crippen LogP contribution < -0.4 is 5.32 Å². The molecule has 3 heterocycles. The monoisotopic (exact) mass is 500 g/mol. The van der Waals surface area contributed by atoms with Gasteiger partial charge in [-0.2, -0.15) is 0 Å². The number of carboxylic acids is 1. The van der Waals surface area contributed by atoms with Gasteiger partial charge in [-0.15, -0.1) is 36.2 Å². The van der Waals surface area contributed by atoms with Crippen molar-refractivity contribution >= 4 is 58.2 Å². The third kappa shape index (κ3) is 6.07. The van der Waals surface area contributed by atoms with Crippen molar-refractivity contribution in [3.63, 3.8) is 0 Å². The number of aromatic carboxylic acids is 1. The summed E-state index contributed by atoms with van der Waals surface area (Å²) < 4.78 is 15.2. The van der Waals surface area contributed by atoms with Crippen molar-refractivity contribution in [2.24, 2.45) is 5.92 Å². The minimum Gasteiger partial charge on any atom is -0.478 e. The molecular formula is C22H27Cl2FN4O2S. The molecule has 0 saturated carbocycles. The van der Waals surface area contributed by atoms with Crippen LogP contribution in [0.3, 0.4) is 0 Å². The Hall–Kier alpha value is -2.00. The number of carboxylic acid groups (broad SMARTS) is 1. The van der Waals surface area contributed by atoms with Crippen molar-refractivity contribution in [2.45, 2.75) is 25.7 Å². The summed E-state index contributed by atoms with van der Waals surface area (Å²) in [6, 6.07) is 6.77. The third-order valence-electron chi connectivity index (χ3n) is 5.68. The zero-order valence-corrected chi connectivity index (χ0v) is 20.2. The number of aromatic nitrogens is 2. The van der Waals surface area contributed by atoms with Gasteiger partial charge in [-0.3, -0.25) is 0 Å². The van der Waals surface area contributed by atoms with Gasteiger partial charge in [0.15, 0.2) is 5.82 Å². The second kappa shape index (κ2) is 11.7. The fourth-order valence-electron chi connectivity index (χ4n) is 3.93. The molecule has 1 aliphatic rings. The molecule has 2 N–H and O–H groups in total. The molecule has 2 aromatic heterocycles. The van der Waals surface area contributed by atoms with E-state index in [1.54, 1.807) is 18.2 Å². The number of nitrogens with one attached hydrogen (secondary N) is 1. The molecule has 1 fully saturated rings. The summed E-state index contributed by atoms with van der Waals surface area (Å²) in [6.07, 6.45) is 5.86. The number of fused-ring (bicyclic) bond motifs is 1. The van der Waals surface area contributed by atoms with Crippen LogP contribution in [-0.4, -0.2) is 52.6 Å². The predicted molar refractivity (Wildman–Crippen MR) is 132 cm³/mol. The number of nitrogens with zero attached hydrogens (tertiary/aromatic N) is 3. The lowest BCUT2D eigenvalue weighted by Crippen LogP contribution is -2.30. The van der Waals surface area contributed by atoms with Crippen LogP contribution in [-0.2, 0) is 0 Å². The number of piperidine rings is 1. The smallest absolute Gasteiger partial charge is 0.336 e. The topological polar surface area (TPSA) is 78.4 Å². The fraction of sp³-hybridized carbons (Fsp3) is 0.409. The zero-order chi connectivity index (χ0) is 21.1. The Morgan fingerprint density at radius 3 is 2.78 bits per heavy atom. The lowest BCUT2D eigenvalue weighted by Gasteiger charge is -2.28. The van der Waals surface area contributed by atoms with E-state index >= 15 is 0 Å². The minimum absolute atomic E-state index is 0. The number of carbonyl (C=O) groups is 1. The molecule has 0 atom stereocenters. The summed E-state index contributed by atoms with van der Waals surface area (Å²) in [5, 5.41) is 13.2. The molecule has 3 aromatic rings.